The van der Waals surface area contributed by atoms with Crippen LogP contribution in [0.4, 0.5) is 18.3 Å². The van der Waals surface area contributed by atoms with Gasteiger partial charge in [0.1, 0.15) is 0 Å². The summed E-state index contributed by atoms with van der Waals surface area (Å²) in [6.45, 7) is 3.05. The average molecular weight is 336 g/mol. The summed E-state index contributed by atoms with van der Waals surface area (Å²) in [6, 6.07) is 0.929. The molecule has 1 aromatic heterocycles. The monoisotopic (exact) mass is 336 g/mol. The number of nitrogens with zero attached hydrogens (tertiary/aromatic N) is 3. The zero-order valence-electron chi connectivity index (χ0n) is 12.1. The number of alkyl halides is 3. The number of ether oxygens (including phenoxy) is 1. The van der Waals surface area contributed by atoms with Crippen LogP contribution in [0.2, 0.25) is 0 Å². The third-order valence-corrected chi connectivity index (χ3v) is 4.90. The molecule has 0 unspecified atom stereocenters. The van der Waals surface area contributed by atoms with Crippen molar-refractivity contribution >= 4 is 16.7 Å². The molecule has 0 aliphatic carbocycles. The van der Waals surface area contributed by atoms with Gasteiger partial charge in [0.2, 0.25) is 11.0 Å². The van der Waals surface area contributed by atoms with Crippen molar-refractivity contribution < 1.29 is 17.9 Å². The number of rotatable bonds is 3. The van der Waals surface area contributed by atoms with Gasteiger partial charge in [-0.25, -0.2) is 0 Å². The molecule has 22 heavy (non-hydrogen) atoms. The van der Waals surface area contributed by atoms with Crippen molar-refractivity contribution in [2.45, 2.75) is 43.9 Å². The van der Waals surface area contributed by atoms with Crippen molar-refractivity contribution in [2.24, 2.45) is 0 Å². The number of hydrogen-bond donors (Lipinski definition) is 1. The molecule has 0 amide bonds. The molecule has 0 atom stereocenters. The summed E-state index contributed by atoms with van der Waals surface area (Å²) in [5, 5.41) is 4.01. The van der Waals surface area contributed by atoms with Crippen LogP contribution in [0, 0.1) is 0 Å². The van der Waals surface area contributed by atoms with E-state index in [9.17, 15) is 13.2 Å². The zero-order chi connectivity index (χ0) is 15.6. The SMILES string of the molecule is FC(F)(F)c1nsc(N2CCC(NC3CCOCC3)CC2)n1. The number of hydrogen-bond acceptors (Lipinski definition) is 6. The number of piperidine rings is 1. The Balaban J connectivity index is 1.50. The van der Waals surface area contributed by atoms with E-state index in [1.807, 2.05) is 4.90 Å². The van der Waals surface area contributed by atoms with Crippen LogP contribution >= 0.6 is 11.5 Å². The molecule has 5 nitrogen and oxygen atoms in total. The second-order valence-corrected chi connectivity index (χ2v) is 6.44. The smallest absolute Gasteiger partial charge is 0.381 e. The largest absolute Gasteiger partial charge is 0.452 e. The Bertz CT molecular complexity index is 482. The molecule has 124 valence electrons. The number of halogens is 3. The molecule has 0 radical (unpaired) electrons. The Hall–Kier alpha value is -0.930. The van der Waals surface area contributed by atoms with Crippen molar-refractivity contribution in [3.05, 3.63) is 5.82 Å². The fourth-order valence-corrected chi connectivity index (χ4v) is 3.63. The number of nitrogens with one attached hydrogen (secondary N) is 1. The van der Waals surface area contributed by atoms with E-state index >= 15 is 0 Å². The Morgan fingerprint density at radius 2 is 1.73 bits per heavy atom. The van der Waals surface area contributed by atoms with Crippen LogP contribution in [-0.4, -0.2) is 47.7 Å². The van der Waals surface area contributed by atoms with Gasteiger partial charge in [-0.05, 0) is 25.7 Å². The predicted molar refractivity (Wildman–Crippen MR) is 77.1 cm³/mol. The maximum Gasteiger partial charge on any atom is 0.452 e. The van der Waals surface area contributed by atoms with Gasteiger partial charge in [-0.15, -0.1) is 0 Å². The van der Waals surface area contributed by atoms with Gasteiger partial charge >= 0.3 is 6.18 Å². The first-order valence-corrected chi connectivity index (χ1v) is 8.29. The van der Waals surface area contributed by atoms with E-state index in [1.165, 1.54) is 0 Å². The van der Waals surface area contributed by atoms with Gasteiger partial charge in [-0.2, -0.15) is 22.5 Å². The van der Waals surface area contributed by atoms with Crippen LogP contribution in [0.5, 0.6) is 0 Å². The fraction of sp³-hybridized carbons (Fsp3) is 0.846. The van der Waals surface area contributed by atoms with Gasteiger partial charge < -0.3 is 15.0 Å². The molecule has 2 fully saturated rings. The van der Waals surface area contributed by atoms with E-state index in [2.05, 4.69) is 14.7 Å². The molecule has 0 saturated carbocycles. The Labute approximate surface area is 131 Å². The first kappa shape index (κ1) is 15.9. The lowest BCUT2D eigenvalue weighted by Gasteiger charge is -2.35. The quantitative estimate of drug-likeness (QED) is 0.918. The molecular weight excluding hydrogens is 317 g/mol. The molecule has 2 aliphatic heterocycles. The summed E-state index contributed by atoms with van der Waals surface area (Å²) >= 11 is 0.828. The van der Waals surface area contributed by atoms with Crippen LogP contribution in [0.1, 0.15) is 31.5 Å². The number of anilines is 1. The summed E-state index contributed by atoms with van der Waals surface area (Å²) in [6.07, 6.45) is -0.564. The molecule has 0 aromatic carbocycles. The summed E-state index contributed by atoms with van der Waals surface area (Å²) < 4.78 is 46.4. The topological polar surface area (TPSA) is 50.3 Å². The lowest BCUT2D eigenvalue weighted by molar-refractivity contribution is -0.144. The van der Waals surface area contributed by atoms with Crippen LogP contribution < -0.4 is 10.2 Å². The zero-order valence-corrected chi connectivity index (χ0v) is 12.9. The minimum Gasteiger partial charge on any atom is -0.381 e. The molecule has 0 bridgehead atoms. The van der Waals surface area contributed by atoms with Gasteiger partial charge in [0.15, 0.2) is 0 Å². The minimum absolute atomic E-state index is 0.372. The van der Waals surface area contributed by atoms with Crippen molar-refractivity contribution in [1.82, 2.24) is 14.7 Å². The highest BCUT2D eigenvalue weighted by atomic mass is 32.1. The molecule has 2 aliphatic rings. The van der Waals surface area contributed by atoms with Crippen molar-refractivity contribution in [2.75, 3.05) is 31.2 Å². The molecule has 0 spiro atoms. The van der Waals surface area contributed by atoms with Crippen molar-refractivity contribution in [3.63, 3.8) is 0 Å². The van der Waals surface area contributed by atoms with Crippen LogP contribution in [0.15, 0.2) is 0 Å². The molecule has 1 N–H and O–H groups in total. The van der Waals surface area contributed by atoms with Crippen molar-refractivity contribution in [3.8, 4) is 0 Å². The second kappa shape index (κ2) is 6.67. The third-order valence-electron chi connectivity index (χ3n) is 4.13. The Morgan fingerprint density at radius 3 is 2.32 bits per heavy atom. The highest BCUT2D eigenvalue weighted by Gasteiger charge is 2.37. The summed E-state index contributed by atoms with van der Waals surface area (Å²) in [5.41, 5.74) is 0. The Kier molecular flexibility index (Phi) is 4.84. The average Bonchev–Trinajstić information content (AvgIpc) is 2.99. The van der Waals surface area contributed by atoms with E-state index in [-0.39, 0.29) is 0 Å². The predicted octanol–water partition coefficient (Wildman–Crippen LogP) is 2.29. The molecule has 3 heterocycles. The van der Waals surface area contributed by atoms with E-state index in [0.29, 0.717) is 30.3 Å². The normalized spacial score (nSPS) is 22.2. The summed E-state index contributed by atoms with van der Waals surface area (Å²) in [7, 11) is 0. The highest BCUT2D eigenvalue weighted by molar-refractivity contribution is 7.09. The molecule has 9 heteroatoms. The van der Waals surface area contributed by atoms with E-state index in [0.717, 1.165) is 50.4 Å². The molecule has 1 aromatic rings. The van der Waals surface area contributed by atoms with Crippen molar-refractivity contribution in [1.29, 1.82) is 0 Å². The van der Waals surface area contributed by atoms with E-state index in [1.54, 1.807) is 0 Å². The van der Waals surface area contributed by atoms with Crippen LogP contribution in [0.25, 0.3) is 0 Å². The summed E-state index contributed by atoms with van der Waals surface area (Å²) in [5.74, 6) is -1.03. The highest BCUT2D eigenvalue weighted by Crippen LogP contribution is 2.31. The van der Waals surface area contributed by atoms with E-state index in [4.69, 9.17) is 4.74 Å². The van der Waals surface area contributed by atoms with E-state index < -0.39 is 12.0 Å². The third kappa shape index (κ3) is 3.88. The second-order valence-electron chi connectivity index (χ2n) is 5.71. The Morgan fingerprint density at radius 1 is 1.09 bits per heavy atom. The minimum atomic E-state index is -4.46. The van der Waals surface area contributed by atoms with Gasteiger partial charge in [0.25, 0.3) is 0 Å². The standard InChI is InChI=1S/C13H19F3N4OS/c14-13(15,16)11-18-12(22-19-11)20-5-1-9(2-6-20)17-10-3-7-21-8-4-10/h9-10,17H,1-8H2. The van der Waals surface area contributed by atoms with Gasteiger partial charge in [0.05, 0.1) is 0 Å². The first-order valence-electron chi connectivity index (χ1n) is 7.52. The maximum absolute atomic E-state index is 12.5. The first-order chi connectivity index (χ1) is 10.5. The van der Waals surface area contributed by atoms with Crippen LogP contribution in [0.3, 0.4) is 0 Å². The van der Waals surface area contributed by atoms with Crippen LogP contribution in [-0.2, 0) is 10.9 Å². The lowest BCUT2D eigenvalue weighted by Crippen LogP contribution is -2.47. The number of aromatic nitrogens is 2. The molecule has 3 rings (SSSR count). The lowest BCUT2D eigenvalue weighted by atomic mass is 10.0. The summed E-state index contributed by atoms with van der Waals surface area (Å²) in [4.78, 5) is 5.52. The van der Waals surface area contributed by atoms with Gasteiger partial charge in [-0.1, -0.05) is 0 Å². The van der Waals surface area contributed by atoms with Gasteiger partial charge in [-0.3, -0.25) is 0 Å². The fourth-order valence-electron chi connectivity index (χ4n) is 2.89. The van der Waals surface area contributed by atoms with Gasteiger partial charge in [0, 0.05) is 49.9 Å². The molecular formula is C13H19F3N4OS. The maximum atomic E-state index is 12.5. The molecule has 2 saturated heterocycles.